The summed E-state index contributed by atoms with van der Waals surface area (Å²) < 4.78 is 36.9. The molecule has 0 aliphatic carbocycles. The summed E-state index contributed by atoms with van der Waals surface area (Å²) in [6, 6.07) is 3.52. The van der Waals surface area contributed by atoms with Crippen molar-refractivity contribution in [2.75, 3.05) is 6.61 Å². The van der Waals surface area contributed by atoms with Crippen LogP contribution in [-0.2, 0) is 6.18 Å². The van der Waals surface area contributed by atoms with Gasteiger partial charge >= 0.3 is 6.18 Å². The van der Waals surface area contributed by atoms with Crippen LogP contribution >= 0.6 is 0 Å². The third-order valence-electron chi connectivity index (χ3n) is 2.00. The molecule has 0 saturated carbocycles. The minimum Gasteiger partial charge on any atom is -0.392 e. The van der Waals surface area contributed by atoms with Gasteiger partial charge in [0, 0.05) is 0 Å². The Morgan fingerprint density at radius 2 is 2.00 bits per heavy atom. The van der Waals surface area contributed by atoms with E-state index in [-0.39, 0.29) is 6.61 Å². The van der Waals surface area contributed by atoms with Crippen molar-refractivity contribution >= 4 is 6.08 Å². The molecular weight excluding hydrogens is 205 g/mol. The first kappa shape index (κ1) is 11.8. The molecule has 0 radical (unpaired) electrons. The van der Waals surface area contributed by atoms with Crippen molar-refractivity contribution in [3.05, 3.63) is 41.0 Å². The number of aryl methyl sites for hydroxylation is 1. The van der Waals surface area contributed by atoms with Crippen LogP contribution in [0.3, 0.4) is 0 Å². The van der Waals surface area contributed by atoms with Crippen molar-refractivity contribution < 1.29 is 18.3 Å². The fraction of sp³-hybridized carbons (Fsp3) is 0.273. The highest BCUT2D eigenvalue weighted by Gasteiger charge is 2.30. The second-order valence-corrected chi connectivity index (χ2v) is 3.15. The van der Waals surface area contributed by atoms with Crippen molar-refractivity contribution in [3.63, 3.8) is 0 Å². The molecule has 0 aromatic heterocycles. The van der Waals surface area contributed by atoms with Crippen LogP contribution in [0.5, 0.6) is 0 Å². The van der Waals surface area contributed by atoms with Gasteiger partial charge in [-0.15, -0.1) is 0 Å². The van der Waals surface area contributed by atoms with E-state index in [2.05, 4.69) is 0 Å². The molecule has 0 atom stereocenters. The van der Waals surface area contributed by atoms with Crippen LogP contribution in [0.4, 0.5) is 13.2 Å². The zero-order valence-electron chi connectivity index (χ0n) is 8.17. The lowest BCUT2D eigenvalue weighted by atomic mass is 10.0. The predicted molar refractivity (Wildman–Crippen MR) is 52.3 cm³/mol. The smallest absolute Gasteiger partial charge is 0.392 e. The molecule has 1 aromatic carbocycles. The van der Waals surface area contributed by atoms with Crippen LogP contribution in [0.2, 0.25) is 0 Å². The average molecular weight is 216 g/mol. The van der Waals surface area contributed by atoms with Crippen molar-refractivity contribution in [1.82, 2.24) is 0 Å². The Balaban J connectivity index is 3.04. The number of halogens is 3. The molecule has 1 rings (SSSR count). The first-order chi connectivity index (χ1) is 6.95. The third-order valence-corrected chi connectivity index (χ3v) is 2.00. The summed E-state index contributed by atoms with van der Waals surface area (Å²) in [5.41, 5.74) is 0.563. The Morgan fingerprint density at radius 1 is 1.33 bits per heavy atom. The first-order valence-electron chi connectivity index (χ1n) is 4.40. The minimum absolute atomic E-state index is 0.125. The standard InChI is InChI=1S/C11H11F3O/c1-8-7-10(11(12,13)14)5-4-9(8)3-2-6-15/h2-5,7,15H,6H2,1H3. The van der Waals surface area contributed by atoms with Gasteiger partial charge in [-0.05, 0) is 30.2 Å². The molecule has 0 aliphatic heterocycles. The van der Waals surface area contributed by atoms with Gasteiger partial charge in [0.05, 0.1) is 12.2 Å². The molecule has 0 fully saturated rings. The predicted octanol–water partition coefficient (Wildman–Crippen LogP) is 3.02. The van der Waals surface area contributed by atoms with E-state index >= 15 is 0 Å². The van der Waals surface area contributed by atoms with Crippen LogP contribution in [0.1, 0.15) is 16.7 Å². The number of aliphatic hydroxyl groups is 1. The van der Waals surface area contributed by atoms with E-state index in [1.54, 1.807) is 13.0 Å². The maximum Gasteiger partial charge on any atom is 0.416 e. The lowest BCUT2D eigenvalue weighted by Gasteiger charge is -2.08. The molecule has 15 heavy (non-hydrogen) atoms. The Morgan fingerprint density at radius 3 is 2.47 bits per heavy atom. The van der Waals surface area contributed by atoms with E-state index in [0.29, 0.717) is 11.1 Å². The van der Waals surface area contributed by atoms with Crippen molar-refractivity contribution in [2.45, 2.75) is 13.1 Å². The van der Waals surface area contributed by atoms with Gasteiger partial charge in [0.1, 0.15) is 0 Å². The fourth-order valence-electron chi connectivity index (χ4n) is 1.22. The molecule has 0 spiro atoms. The second-order valence-electron chi connectivity index (χ2n) is 3.15. The number of aliphatic hydroxyl groups excluding tert-OH is 1. The molecule has 0 unspecified atom stereocenters. The molecule has 1 aromatic rings. The van der Waals surface area contributed by atoms with Crippen LogP contribution in [0.15, 0.2) is 24.3 Å². The SMILES string of the molecule is Cc1cc(C(F)(F)F)ccc1C=CCO. The summed E-state index contributed by atoms with van der Waals surface area (Å²) in [7, 11) is 0. The molecule has 0 heterocycles. The summed E-state index contributed by atoms with van der Waals surface area (Å²) >= 11 is 0. The van der Waals surface area contributed by atoms with Crippen molar-refractivity contribution in [2.24, 2.45) is 0 Å². The average Bonchev–Trinajstić information content (AvgIpc) is 2.14. The molecule has 1 nitrogen and oxygen atoms in total. The lowest BCUT2D eigenvalue weighted by molar-refractivity contribution is -0.137. The fourth-order valence-corrected chi connectivity index (χ4v) is 1.22. The summed E-state index contributed by atoms with van der Waals surface area (Å²) in [5, 5.41) is 8.54. The van der Waals surface area contributed by atoms with Crippen LogP contribution in [0, 0.1) is 6.92 Å². The molecule has 4 heteroatoms. The number of alkyl halides is 3. The van der Waals surface area contributed by atoms with Gasteiger partial charge < -0.3 is 5.11 Å². The molecular formula is C11H11F3O. The maximum absolute atomic E-state index is 12.3. The second kappa shape index (κ2) is 4.49. The third kappa shape index (κ3) is 3.09. The van der Waals surface area contributed by atoms with Gasteiger partial charge in [-0.3, -0.25) is 0 Å². The zero-order valence-corrected chi connectivity index (χ0v) is 8.17. The van der Waals surface area contributed by atoms with Crippen LogP contribution in [-0.4, -0.2) is 11.7 Å². The normalized spacial score (nSPS) is 12.3. The van der Waals surface area contributed by atoms with Crippen LogP contribution < -0.4 is 0 Å². The highest BCUT2D eigenvalue weighted by atomic mass is 19.4. The Kier molecular flexibility index (Phi) is 3.52. The number of hydrogen-bond acceptors (Lipinski definition) is 1. The van der Waals surface area contributed by atoms with E-state index in [1.165, 1.54) is 12.1 Å². The quantitative estimate of drug-likeness (QED) is 0.805. The van der Waals surface area contributed by atoms with Crippen LogP contribution in [0.25, 0.3) is 6.08 Å². The molecule has 0 bridgehead atoms. The van der Waals surface area contributed by atoms with E-state index < -0.39 is 11.7 Å². The first-order valence-corrected chi connectivity index (χ1v) is 4.40. The van der Waals surface area contributed by atoms with Crippen molar-refractivity contribution in [3.8, 4) is 0 Å². The molecule has 82 valence electrons. The maximum atomic E-state index is 12.3. The number of rotatable bonds is 2. The van der Waals surface area contributed by atoms with Gasteiger partial charge in [0.15, 0.2) is 0 Å². The summed E-state index contributed by atoms with van der Waals surface area (Å²) in [4.78, 5) is 0. The van der Waals surface area contributed by atoms with E-state index in [9.17, 15) is 13.2 Å². The Bertz CT molecular complexity index is 367. The van der Waals surface area contributed by atoms with Gasteiger partial charge in [-0.25, -0.2) is 0 Å². The van der Waals surface area contributed by atoms with Gasteiger partial charge in [-0.1, -0.05) is 18.2 Å². The molecule has 0 amide bonds. The summed E-state index contributed by atoms with van der Waals surface area (Å²) in [6.45, 7) is 1.48. The van der Waals surface area contributed by atoms with E-state index in [1.807, 2.05) is 0 Å². The minimum atomic E-state index is -4.30. The monoisotopic (exact) mass is 216 g/mol. The van der Waals surface area contributed by atoms with Crippen molar-refractivity contribution in [1.29, 1.82) is 0 Å². The summed E-state index contributed by atoms with van der Waals surface area (Å²) in [5.74, 6) is 0. The number of benzene rings is 1. The molecule has 0 saturated heterocycles. The van der Waals surface area contributed by atoms with Gasteiger partial charge in [-0.2, -0.15) is 13.2 Å². The van der Waals surface area contributed by atoms with Gasteiger partial charge in [0.2, 0.25) is 0 Å². The zero-order chi connectivity index (χ0) is 11.5. The highest BCUT2D eigenvalue weighted by Crippen LogP contribution is 2.30. The largest absolute Gasteiger partial charge is 0.416 e. The van der Waals surface area contributed by atoms with E-state index in [0.717, 1.165) is 12.1 Å². The lowest BCUT2D eigenvalue weighted by Crippen LogP contribution is -2.05. The van der Waals surface area contributed by atoms with Gasteiger partial charge in [0.25, 0.3) is 0 Å². The summed E-state index contributed by atoms with van der Waals surface area (Å²) in [6.07, 6.45) is -1.23. The number of hydrogen-bond donors (Lipinski definition) is 1. The molecule has 0 aliphatic rings. The van der Waals surface area contributed by atoms with E-state index in [4.69, 9.17) is 5.11 Å². The Hall–Kier alpha value is -1.29. The topological polar surface area (TPSA) is 20.2 Å². The highest BCUT2D eigenvalue weighted by molar-refractivity contribution is 5.54. The molecule has 1 N–H and O–H groups in total. The Labute approximate surface area is 85.9 Å².